The zero-order chi connectivity index (χ0) is 25.4. The number of carboxylic acid groups (broad SMARTS) is 1. The second-order valence-corrected chi connectivity index (χ2v) is 8.79. The molecule has 1 aliphatic heterocycles. The molecule has 182 valence electrons. The number of carbonyl (C=O) groups excluding carboxylic acids is 1. The van der Waals surface area contributed by atoms with E-state index in [1.54, 1.807) is 35.6 Å². The summed E-state index contributed by atoms with van der Waals surface area (Å²) in [5, 5.41) is 18.2. The van der Waals surface area contributed by atoms with Gasteiger partial charge < -0.3 is 25.3 Å². The van der Waals surface area contributed by atoms with Crippen molar-refractivity contribution in [2.75, 3.05) is 5.32 Å². The predicted octanol–water partition coefficient (Wildman–Crippen LogP) is 2.84. The molecule has 4 aromatic rings. The molecule has 0 bridgehead atoms. The van der Waals surface area contributed by atoms with Crippen LogP contribution in [0.3, 0.4) is 0 Å². The van der Waals surface area contributed by atoms with Crippen molar-refractivity contribution in [1.82, 2.24) is 4.57 Å². The Balaban J connectivity index is 1.43. The van der Waals surface area contributed by atoms with Crippen molar-refractivity contribution in [1.29, 1.82) is 0 Å². The summed E-state index contributed by atoms with van der Waals surface area (Å²) in [7, 11) is 0. The highest BCUT2D eigenvalue weighted by atomic mass is 35.5. The molecule has 2 aromatic heterocycles. The molecule has 3 heterocycles. The van der Waals surface area contributed by atoms with Gasteiger partial charge in [-0.15, -0.1) is 5.10 Å². The van der Waals surface area contributed by atoms with Crippen LogP contribution in [0.25, 0.3) is 22.1 Å². The normalized spacial score (nSPS) is 14.9. The lowest BCUT2D eigenvalue weighted by molar-refractivity contribution is -0.432. The van der Waals surface area contributed by atoms with E-state index in [1.807, 2.05) is 12.1 Å². The zero-order valence-corrected chi connectivity index (χ0v) is 19.5. The molecule has 2 aromatic carbocycles. The molecule has 0 radical (unpaired) electrons. The molecular weight excluding hydrogens is 486 g/mol. The van der Waals surface area contributed by atoms with Crippen molar-refractivity contribution in [3.8, 4) is 11.1 Å². The van der Waals surface area contributed by atoms with Gasteiger partial charge >= 0.3 is 5.97 Å². The monoisotopic (exact) mass is 506 g/mol. The largest absolute Gasteiger partial charge is 0.475 e. The number of aromatic nitrogens is 1. The zero-order valence-electron chi connectivity index (χ0n) is 18.8. The fourth-order valence-electron chi connectivity index (χ4n) is 4.50. The third kappa shape index (κ3) is 4.35. The molecule has 0 aliphatic carbocycles. The molecule has 0 saturated carbocycles. The van der Waals surface area contributed by atoms with Crippen molar-refractivity contribution in [2.45, 2.75) is 18.9 Å². The van der Waals surface area contributed by atoms with Crippen molar-refractivity contribution < 1.29 is 24.4 Å². The topological polar surface area (TPSA) is 157 Å². The lowest BCUT2D eigenvalue weighted by atomic mass is 10.0. The van der Waals surface area contributed by atoms with E-state index < -0.39 is 12.0 Å². The van der Waals surface area contributed by atoms with Gasteiger partial charge in [0.2, 0.25) is 18.0 Å². The molecule has 5 rings (SSSR count). The summed E-state index contributed by atoms with van der Waals surface area (Å²) in [6.45, 7) is 0. The number of nitrogens with zero attached hydrogens (tertiary/aromatic N) is 2. The fraction of sp³-hybridized carbons (Fsp3) is 0.120. The number of anilines is 1. The Labute approximate surface area is 209 Å². The average molecular weight is 507 g/mol. The smallest absolute Gasteiger partial charge is 0.371 e. The summed E-state index contributed by atoms with van der Waals surface area (Å²) in [6.07, 6.45) is 2.47. The van der Waals surface area contributed by atoms with E-state index in [0.29, 0.717) is 40.1 Å². The summed E-state index contributed by atoms with van der Waals surface area (Å²) in [5.41, 5.74) is 3.56. The molecule has 0 saturated heterocycles. The number of benzene rings is 2. The minimum absolute atomic E-state index is 0.184. The maximum atomic E-state index is 13.1. The van der Waals surface area contributed by atoms with Crippen molar-refractivity contribution >= 4 is 52.2 Å². The molecule has 1 atom stereocenters. The minimum atomic E-state index is -1.17. The molecule has 6 N–H and O–H groups in total. The van der Waals surface area contributed by atoms with Gasteiger partial charge in [-0.3, -0.25) is 14.9 Å². The SMILES string of the molecule is N/N=C\[NH2+]c1ccc(Cl)cc1-c1cc2n(c(=O)c1)[C@H](C(=O)Nc1ccc3oc(C(=O)O)cc3c1)CC2. The third-order valence-corrected chi connectivity index (χ3v) is 6.33. The lowest BCUT2D eigenvalue weighted by Crippen LogP contribution is -2.76. The Kier molecular flexibility index (Phi) is 6.05. The molecule has 0 fully saturated rings. The number of hydrazone groups is 1. The van der Waals surface area contributed by atoms with Crippen LogP contribution in [0, 0.1) is 0 Å². The maximum Gasteiger partial charge on any atom is 0.371 e. The number of fused-ring (bicyclic) bond motifs is 2. The number of pyridine rings is 1. The Morgan fingerprint density at radius 1 is 1.19 bits per heavy atom. The van der Waals surface area contributed by atoms with Crippen molar-refractivity contribution in [2.24, 2.45) is 10.9 Å². The van der Waals surface area contributed by atoms with Gasteiger partial charge in [-0.2, -0.15) is 0 Å². The van der Waals surface area contributed by atoms with E-state index in [1.165, 1.54) is 23.0 Å². The summed E-state index contributed by atoms with van der Waals surface area (Å²) < 4.78 is 6.76. The first-order valence-electron chi connectivity index (χ1n) is 11.0. The van der Waals surface area contributed by atoms with Gasteiger partial charge in [0, 0.05) is 39.5 Å². The number of hydrogen-bond acceptors (Lipinski definition) is 6. The number of hydrogen-bond donors (Lipinski definition) is 4. The van der Waals surface area contributed by atoms with Crippen LogP contribution in [0.4, 0.5) is 11.4 Å². The number of halogens is 1. The van der Waals surface area contributed by atoms with E-state index in [9.17, 15) is 14.4 Å². The highest BCUT2D eigenvalue weighted by Crippen LogP contribution is 2.32. The first-order chi connectivity index (χ1) is 17.3. The third-order valence-electron chi connectivity index (χ3n) is 6.10. The number of nitrogens with one attached hydrogen (secondary N) is 1. The number of carbonyl (C=O) groups is 2. The predicted molar refractivity (Wildman–Crippen MR) is 135 cm³/mol. The molecular formula is C25H21ClN5O5+. The number of amides is 1. The maximum absolute atomic E-state index is 13.1. The van der Waals surface area contributed by atoms with Crippen LogP contribution in [-0.4, -0.2) is 27.9 Å². The van der Waals surface area contributed by atoms with Gasteiger partial charge in [-0.25, -0.2) is 4.79 Å². The molecule has 0 unspecified atom stereocenters. The van der Waals surface area contributed by atoms with Gasteiger partial charge in [0.15, 0.2) is 0 Å². The van der Waals surface area contributed by atoms with Crippen LogP contribution in [0.2, 0.25) is 5.02 Å². The van der Waals surface area contributed by atoms with E-state index in [0.717, 1.165) is 16.9 Å². The summed E-state index contributed by atoms with van der Waals surface area (Å²) in [5.74, 6) is 3.54. The van der Waals surface area contributed by atoms with Crippen LogP contribution in [0.15, 0.2) is 68.9 Å². The van der Waals surface area contributed by atoms with Crippen LogP contribution >= 0.6 is 11.6 Å². The Hall–Kier alpha value is -4.41. The highest BCUT2D eigenvalue weighted by Gasteiger charge is 2.30. The Morgan fingerprint density at radius 3 is 2.81 bits per heavy atom. The van der Waals surface area contributed by atoms with Crippen molar-refractivity contribution in [3.63, 3.8) is 0 Å². The Bertz CT molecular complexity index is 1610. The molecule has 1 amide bonds. The number of carboxylic acids is 1. The number of aryl methyl sites for hydroxylation is 1. The second-order valence-electron chi connectivity index (χ2n) is 8.35. The van der Waals surface area contributed by atoms with Gasteiger partial charge in [-0.05, 0) is 60.9 Å². The number of aromatic carboxylic acids is 1. The van der Waals surface area contributed by atoms with E-state index in [2.05, 4.69) is 10.4 Å². The lowest BCUT2D eigenvalue weighted by Gasteiger charge is -2.16. The first kappa shape index (κ1) is 23.3. The molecule has 11 heteroatoms. The molecule has 10 nitrogen and oxygen atoms in total. The van der Waals surface area contributed by atoms with Crippen LogP contribution in [0.5, 0.6) is 0 Å². The fourth-order valence-corrected chi connectivity index (χ4v) is 4.67. The number of nitrogens with two attached hydrogens (primary N) is 2. The molecule has 36 heavy (non-hydrogen) atoms. The van der Waals surface area contributed by atoms with Gasteiger partial charge in [0.25, 0.3) is 5.56 Å². The number of quaternary nitrogens is 1. The van der Waals surface area contributed by atoms with E-state index in [4.69, 9.17) is 27.0 Å². The average Bonchev–Trinajstić information content (AvgIpc) is 3.48. The number of furan rings is 1. The summed E-state index contributed by atoms with van der Waals surface area (Å²) in [6, 6.07) is 14.3. The molecule has 1 aliphatic rings. The van der Waals surface area contributed by atoms with Crippen molar-refractivity contribution in [3.05, 3.63) is 81.4 Å². The first-order valence-corrected chi connectivity index (χ1v) is 11.4. The summed E-state index contributed by atoms with van der Waals surface area (Å²) >= 11 is 6.21. The van der Waals surface area contributed by atoms with Crippen LogP contribution in [0.1, 0.15) is 28.7 Å². The van der Waals surface area contributed by atoms with Gasteiger partial charge in [0.05, 0.1) is 0 Å². The second kappa shape index (κ2) is 9.33. The molecule has 0 spiro atoms. The highest BCUT2D eigenvalue weighted by molar-refractivity contribution is 6.31. The number of rotatable bonds is 6. The quantitative estimate of drug-likeness (QED) is 0.103. The summed E-state index contributed by atoms with van der Waals surface area (Å²) in [4.78, 5) is 37.4. The standard InChI is InChI=1S/C25H20ClN5O5/c26-15-1-4-19(28-12-29-27)18(11-15)13-8-17-3-5-20(31(17)23(32)10-13)24(33)30-16-2-6-21-14(7-16)9-22(36-21)25(34)35/h1-2,4,6-12,20H,3,5,27H2,(H,28,29)(H,30,33)(H,34,35)/p+1/t20-/m0/s1. The van der Waals surface area contributed by atoms with E-state index >= 15 is 0 Å². The van der Waals surface area contributed by atoms with Gasteiger partial charge in [-0.1, -0.05) is 11.6 Å². The van der Waals surface area contributed by atoms with Gasteiger partial charge in [0.1, 0.15) is 17.3 Å². The Morgan fingerprint density at radius 2 is 2.03 bits per heavy atom. The van der Waals surface area contributed by atoms with Crippen LogP contribution < -0.4 is 22.0 Å². The van der Waals surface area contributed by atoms with E-state index in [-0.39, 0.29) is 17.2 Å². The van der Waals surface area contributed by atoms with Crippen LogP contribution in [-0.2, 0) is 11.2 Å². The minimum Gasteiger partial charge on any atom is -0.475 e.